The number of nitrogens with zero attached hydrogens (tertiary/aromatic N) is 1. The molecule has 1 unspecified atom stereocenters. The molecule has 1 aromatic heterocycles. The van der Waals surface area contributed by atoms with Crippen LogP contribution in [0.2, 0.25) is 0 Å². The van der Waals surface area contributed by atoms with Gasteiger partial charge in [0.05, 0.1) is 5.56 Å². The summed E-state index contributed by atoms with van der Waals surface area (Å²) in [7, 11) is 0. The Hall–Kier alpha value is -2.20. The van der Waals surface area contributed by atoms with Crippen molar-refractivity contribution in [2.75, 3.05) is 11.9 Å². The van der Waals surface area contributed by atoms with E-state index < -0.39 is 0 Å². The normalized spacial score (nSPS) is 11.9. The molecule has 0 aliphatic heterocycles. The quantitative estimate of drug-likeness (QED) is 0.877. The summed E-state index contributed by atoms with van der Waals surface area (Å²) >= 11 is 0. The van der Waals surface area contributed by atoms with Crippen molar-refractivity contribution < 1.29 is 4.79 Å². The number of amides is 1. The molecule has 0 spiro atoms. The van der Waals surface area contributed by atoms with Crippen molar-refractivity contribution in [2.24, 2.45) is 0 Å². The summed E-state index contributed by atoms with van der Waals surface area (Å²) in [5.41, 5.74) is 2.46. The Kier molecular flexibility index (Phi) is 4.85. The molecule has 0 aliphatic carbocycles. The van der Waals surface area contributed by atoms with Crippen molar-refractivity contribution in [3.05, 3.63) is 59.9 Å². The van der Waals surface area contributed by atoms with E-state index in [1.807, 2.05) is 24.3 Å². The van der Waals surface area contributed by atoms with Gasteiger partial charge in [-0.3, -0.25) is 9.78 Å². The van der Waals surface area contributed by atoms with Gasteiger partial charge in [0.15, 0.2) is 0 Å². The number of aromatic nitrogens is 1. The summed E-state index contributed by atoms with van der Waals surface area (Å²) in [4.78, 5) is 16.1. The molecule has 1 atom stereocenters. The molecule has 2 N–H and O–H groups in total. The summed E-state index contributed by atoms with van der Waals surface area (Å²) in [5.74, 6) is -0.144. The minimum Gasteiger partial charge on any atom is -0.322 e. The molecule has 104 valence electrons. The Morgan fingerprint density at radius 2 is 2.05 bits per heavy atom. The van der Waals surface area contributed by atoms with E-state index >= 15 is 0 Å². The Morgan fingerprint density at radius 1 is 1.25 bits per heavy atom. The van der Waals surface area contributed by atoms with E-state index in [1.54, 1.807) is 24.5 Å². The topological polar surface area (TPSA) is 54.0 Å². The van der Waals surface area contributed by atoms with E-state index in [-0.39, 0.29) is 11.9 Å². The molecule has 0 bridgehead atoms. The van der Waals surface area contributed by atoms with Crippen molar-refractivity contribution in [3.8, 4) is 0 Å². The molecule has 0 aliphatic rings. The van der Waals surface area contributed by atoms with Crippen LogP contribution in [0, 0.1) is 0 Å². The summed E-state index contributed by atoms with van der Waals surface area (Å²) in [6.07, 6.45) is 3.21. The molecule has 4 nitrogen and oxygen atoms in total. The smallest absolute Gasteiger partial charge is 0.257 e. The molecule has 1 aromatic carbocycles. The maximum Gasteiger partial charge on any atom is 0.257 e. The summed E-state index contributed by atoms with van der Waals surface area (Å²) in [6.45, 7) is 5.03. The zero-order valence-electron chi connectivity index (χ0n) is 11.8. The highest BCUT2D eigenvalue weighted by molar-refractivity contribution is 6.04. The molecule has 1 amide bonds. The third-order valence-electron chi connectivity index (χ3n) is 3.11. The molecule has 0 saturated carbocycles. The fourth-order valence-corrected chi connectivity index (χ4v) is 2.10. The second-order valence-electron chi connectivity index (χ2n) is 4.56. The number of hydrogen-bond donors (Lipinski definition) is 2. The van der Waals surface area contributed by atoms with Gasteiger partial charge in [-0.1, -0.05) is 25.1 Å². The number of carbonyl (C=O) groups is 1. The van der Waals surface area contributed by atoms with Crippen molar-refractivity contribution in [2.45, 2.75) is 19.9 Å². The van der Waals surface area contributed by atoms with E-state index in [0.717, 1.165) is 17.8 Å². The molecule has 2 rings (SSSR count). The summed E-state index contributed by atoms with van der Waals surface area (Å²) in [6, 6.07) is 11.5. The third-order valence-corrected chi connectivity index (χ3v) is 3.11. The van der Waals surface area contributed by atoms with Crippen molar-refractivity contribution >= 4 is 11.6 Å². The zero-order chi connectivity index (χ0) is 14.4. The van der Waals surface area contributed by atoms with E-state index in [9.17, 15) is 4.79 Å². The minimum atomic E-state index is -0.144. The number of pyridine rings is 1. The molecular weight excluding hydrogens is 250 g/mol. The Morgan fingerprint density at radius 3 is 2.75 bits per heavy atom. The van der Waals surface area contributed by atoms with Crippen LogP contribution in [0.25, 0.3) is 0 Å². The van der Waals surface area contributed by atoms with Crippen LogP contribution >= 0.6 is 0 Å². The number of nitrogens with one attached hydrogen (secondary N) is 2. The highest BCUT2D eigenvalue weighted by Gasteiger charge is 2.12. The standard InChI is InChI=1S/C16H19N3O/c1-3-18-12(2)14-8-4-5-9-15(14)19-16(20)13-7-6-10-17-11-13/h4-12,18H,3H2,1-2H3,(H,19,20). The lowest BCUT2D eigenvalue weighted by atomic mass is 10.1. The highest BCUT2D eigenvalue weighted by Crippen LogP contribution is 2.22. The van der Waals surface area contributed by atoms with E-state index in [1.165, 1.54) is 0 Å². The van der Waals surface area contributed by atoms with Crippen LogP contribution in [0.5, 0.6) is 0 Å². The van der Waals surface area contributed by atoms with Crippen LogP contribution in [0.1, 0.15) is 35.8 Å². The van der Waals surface area contributed by atoms with Crippen LogP contribution < -0.4 is 10.6 Å². The molecule has 4 heteroatoms. The monoisotopic (exact) mass is 269 g/mol. The Bertz CT molecular complexity index is 569. The van der Waals surface area contributed by atoms with Gasteiger partial charge in [0.2, 0.25) is 0 Å². The number of carbonyl (C=O) groups excluding carboxylic acids is 1. The first-order valence-corrected chi connectivity index (χ1v) is 6.76. The van der Waals surface area contributed by atoms with Gasteiger partial charge in [0, 0.05) is 24.1 Å². The van der Waals surface area contributed by atoms with Crippen LogP contribution in [0.15, 0.2) is 48.8 Å². The molecule has 0 fully saturated rings. The largest absolute Gasteiger partial charge is 0.322 e. The van der Waals surface area contributed by atoms with Crippen LogP contribution in [-0.2, 0) is 0 Å². The van der Waals surface area contributed by atoms with Crippen molar-refractivity contribution in [1.29, 1.82) is 0 Å². The second-order valence-corrected chi connectivity index (χ2v) is 4.56. The Balaban J connectivity index is 2.19. The van der Waals surface area contributed by atoms with E-state index in [2.05, 4.69) is 29.5 Å². The molecular formula is C16H19N3O. The first-order valence-electron chi connectivity index (χ1n) is 6.76. The average molecular weight is 269 g/mol. The SMILES string of the molecule is CCNC(C)c1ccccc1NC(=O)c1cccnc1. The predicted octanol–water partition coefficient (Wildman–Crippen LogP) is 3.00. The Labute approximate surface area is 119 Å². The zero-order valence-corrected chi connectivity index (χ0v) is 11.8. The number of anilines is 1. The lowest BCUT2D eigenvalue weighted by molar-refractivity contribution is 0.102. The van der Waals surface area contributed by atoms with Crippen LogP contribution in [0.4, 0.5) is 5.69 Å². The number of benzene rings is 1. The van der Waals surface area contributed by atoms with E-state index in [0.29, 0.717) is 5.56 Å². The second kappa shape index (κ2) is 6.82. The molecule has 20 heavy (non-hydrogen) atoms. The fraction of sp³-hybridized carbons (Fsp3) is 0.250. The molecule has 2 aromatic rings. The summed E-state index contributed by atoms with van der Waals surface area (Å²) < 4.78 is 0. The van der Waals surface area contributed by atoms with Gasteiger partial charge >= 0.3 is 0 Å². The number of rotatable bonds is 5. The third kappa shape index (κ3) is 3.42. The highest BCUT2D eigenvalue weighted by atomic mass is 16.1. The first kappa shape index (κ1) is 14.2. The average Bonchev–Trinajstić information content (AvgIpc) is 2.49. The van der Waals surface area contributed by atoms with Gasteiger partial charge in [-0.25, -0.2) is 0 Å². The van der Waals surface area contributed by atoms with Crippen LogP contribution in [0.3, 0.4) is 0 Å². The predicted molar refractivity (Wildman–Crippen MR) is 80.7 cm³/mol. The number of para-hydroxylation sites is 1. The molecule has 0 radical (unpaired) electrons. The number of hydrogen-bond acceptors (Lipinski definition) is 3. The van der Waals surface area contributed by atoms with Gasteiger partial charge < -0.3 is 10.6 Å². The maximum atomic E-state index is 12.2. The van der Waals surface area contributed by atoms with Gasteiger partial charge in [0.25, 0.3) is 5.91 Å². The van der Waals surface area contributed by atoms with Crippen LogP contribution in [-0.4, -0.2) is 17.4 Å². The lowest BCUT2D eigenvalue weighted by Gasteiger charge is -2.17. The van der Waals surface area contributed by atoms with Gasteiger partial charge in [-0.15, -0.1) is 0 Å². The fourth-order valence-electron chi connectivity index (χ4n) is 2.10. The molecule has 0 saturated heterocycles. The molecule has 1 heterocycles. The summed E-state index contributed by atoms with van der Waals surface area (Å²) in [5, 5.41) is 6.30. The first-order chi connectivity index (χ1) is 9.72. The lowest BCUT2D eigenvalue weighted by Crippen LogP contribution is -2.20. The van der Waals surface area contributed by atoms with Crippen molar-refractivity contribution in [3.63, 3.8) is 0 Å². The van der Waals surface area contributed by atoms with Gasteiger partial charge in [-0.2, -0.15) is 0 Å². The van der Waals surface area contributed by atoms with Gasteiger partial charge in [-0.05, 0) is 37.2 Å². The van der Waals surface area contributed by atoms with Crippen molar-refractivity contribution in [1.82, 2.24) is 10.3 Å². The maximum absolute atomic E-state index is 12.2. The van der Waals surface area contributed by atoms with Gasteiger partial charge in [0.1, 0.15) is 0 Å². The van der Waals surface area contributed by atoms with E-state index in [4.69, 9.17) is 0 Å². The minimum absolute atomic E-state index is 0.144.